The minimum atomic E-state index is -4.80. The summed E-state index contributed by atoms with van der Waals surface area (Å²) in [4.78, 5) is 125. The van der Waals surface area contributed by atoms with E-state index in [9.17, 15) is 72.4 Å². The molecule has 12 atom stereocenters. The number of carbonyl (C=O) groups is 4. The summed E-state index contributed by atoms with van der Waals surface area (Å²) in [5.41, 5.74) is -13.6. The molecule has 0 aromatic carbocycles. The van der Waals surface area contributed by atoms with Gasteiger partial charge in [-0.15, -0.1) is 34.8 Å². The summed E-state index contributed by atoms with van der Waals surface area (Å²) >= 11 is 18.7. The number of nitrogens with zero attached hydrogens (tertiary/aromatic N) is 3. The Morgan fingerprint density at radius 1 is 0.478 bits per heavy atom. The van der Waals surface area contributed by atoms with Crippen LogP contribution in [0.25, 0.3) is 0 Å². The van der Waals surface area contributed by atoms with Crippen molar-refractivity contribution in [3.05, 3.63) is 99.3 Å². The summed E-state index contributed by atoms with van der Waals surface area (Å²) in [5, 5.41) is 31.9. The summed E-state index contributed by atoms with van der Waals surface area (Å²) in [6.45, 7) is 11.4. The highest BCUT2D eigenvalue weighted by Crippen LogP contribution is 2.62. The lowest BCUT2D eigenvalue weighted by Crippen LogP contribution is -2.53. The SMILES string of the molecule is C.C.C.CC(C)OC(=O)OCOP(=O)(OCOC(=O)OC(C)C)OC[C@@]1(CCl)O[C@@H](n2ccc(=O)[nH]c2=O)[C@](C)(O)[C@@H]1O.CC(C)OC(=O)OCOP(=O)(OCOC(=O)OC(C)C)OC[C@@]1(CCl)O[C@@H](n2ccc(=O)[nH]c2=O)[C@]2(C)OC3(CCCC3)O[C@H]12.C[C@@]12OC3(CCCC3)O[C@@H]1[C@](CO)(CCl)O[C@H]2n1ccc(=O)[nH]c1=O. The Labute approximate surface area is 663 Å². The van der Waals surface area contributed by atoms with Crippen LogP contribution in [0.3, 0.4) is 0 Å². The molecule has 0 bridgehead atoms. The van der Waals surface area contributed by atoms with Gasteiger partial charge in [0.15, 0.2) is 30.3 Å². The van der Waals surface area contributed by atoms with Gasteiger partial charge in [-0.2, -0.15) is 0 Å². The van der Waals surface area contributed by atoms with E-state index in [-0.39, 0.29) is 40.6 Å². The molecule has 2 aliphatic carbocycles. The van der Waals surface area contributed by atoms with Crippen LogP contribution in [-0.2, 0) is 107 Å². The molecular weight excluding hydrogens is 1620 g/mol. The highest BCUT2D eigenvalue weighted by molar-refractivity contribution is 7.48. The van der Waals surface area contributed by atoms with Crippen LogP contribution in [0.1, 0.15) is 168 Å². The molecule has 5 aliphatic heterocycles. The van der Waals surface area contributed by atoms with Crippen LogP contribution >= 0.6 is 50.4 Å². The van der Waals surface area contributed by atoms with Crippen molar-refractivity contribution in [3.8, 4) is 0 Å². The Kier molecular flexibility index (Phi) is 34.3. The van der Waals surface area contributed by atoms with E-state index in [0.717, 1.165) is 72.9 Å². The molecule has 10 rings (SSSR count). The van der Waals surface area contributed by atoms with Crippen molar-refractivity contribution in [2.75, 3.05) is 64.6 Å². The maximum Gasteiger partial charge on any atom is 0.510 e. The summed E-state index contributed by atoms with van der Waals surface area (Å²) in [7, 11) is -9.52. The van der Waals surface area contributed by atoms with Crippen molar-refractivity contribution in [2.24, 2.45) is 0 Å². The van der Waals surface area contributed by atoms with E-state index in [1.807, 2.05) is 4.98 Å². The topological polar surface area (TPSA) is 522 Å². The summed E-state index contributed by atoms with van der Waals surface area (Å²) in [6.07, 6.45) is -3.95. The number of hydrogen-bond acceptors (Lipinski definition) is 36. The maximum absolute atomic E-state index is 13.7. The molecule has 2 saturated carbocycles. The molecule has 5 saturated heterocycles. The van der Waals surface area contributed by atoms with Gasteiger partial charge in [0.05, 0.1) is 61.9 Å². The number of hydrogen-bond donors (Lipinski definition) is 6. The van der Waals surface area contributed by atoms with E-state index in [4.69, 9.17) is 124 Å². The van der Waals surface area contributed by atoms with Crippen LogP contribution in [0.2, 0.25) is 0 Å². The highest BCUT2D eigenvalue weighted by atomic mass is 35.5. The normalized spacial score (nSPS) is 28.3. The predicted molar refractivity (Wildman–Crippen MR) is 391 cm³/mol. The van der Waals surface area contributed by atoms with E-state index in [2.05, 4.69) is 19.4 Å². The van der Waals surface area contributed by atoms with E-state index in [1.54, 1.807) is 69.2 Å². The number of aliphatic hydroxyl groups excluding tert-OH is 2. The van der Waals surface area contributed by atoms with Gasteiger partial charge >= 0.3 is 57.3 Å². The van der Waals surface area contributed by atoms with E-state index in [0.29, 0.717) is 12.8 Å². The number of aliphatic hydroxyl groups is 3. The van der Waals surface area contributed by atoms with Gasteiger partial charge < -0.3 is 86.4 Å². The van der Waals surface area contributed by atoms with E-state index in [1.165, 1.54) is 23.0 Å². The molecule has 42 nitrogen and oxygen atoms in total. The van der Waals surface area contributed by atoms with Crippen molar-refractivity contribution >= 4 is 75.1 Å². The largest absolute Gasteiger partial charge is 0.510 e. The average Bonchev–Trinajstić information content (AvgIpc) is 1.54. The van der Waals surface area contributed by atoms with Crippen LogP contribution in [0.5, 0.6) is 0 Å². The number of phosphoric ester groups is 2. The number of H-pyrrole nitrogens is 3. The summed E-state index contributed by atoms with van der Waals surface area (Å²) in [6, 6.07) is 3.37. The Bertz CT molecular complexity index is 4090. The number of nitrogens with one attached hydrogen (secondary N) is 3. The maximum atomic E-state index is 13.7. The monoisotopic (exact) mass is 1720 g/mol. The van der Waals surface area contributed by atoms with E-state index < -0.39 is 227 Å². The van der Waals surface area contributed by atoms with Crippen LogP contribution in [0.15, 0.2) is 65.6 Å². The number of rotatable bonds is 29. The molecule has 6 N–H and O–H groups in total. The molecule has 0 amide bonds. The third-order valence-electron chi connectivity index (χ3n) is 17.8. The second-order valence-electron chi connectivity index (χ2n) is 27.8. The Morgan fingerprint density at radius 2 is 0.761 bits per heavy atom. The van der Waals surface area contributed by atoms with Gasteiger partial charge in [0.1, 0.15) is 51.9 Å². The molecule has 7 aliphatic rings. The highest BCUT2D eigenvalue weighted by Gasteiger charge is 2.74. The predicted octanol–water partition coefficient (Wildman–Crippen LogP) is 7.42. The minimum absolute atomic E-state index is 0. The standard InChI is InChI=1S/C26H38ClN2O15P.C21H32ClN2O15P.C16H21ClN2O6.3CH4/c1-16(2)40-22(32)35-14-38-45(34,39-15-36-23(33)41-17(3)4)37-13-25(12-27)19-24(5,44-26(42-19)9-6-7-10-26)20(43-25)29-11-8-18(30)28-21(29)31;1-12(2)37-18(28)32-10-35-40(31,36-11-33-19(29)38-13(3)4)34-9-21(8-22)15(26)20(5,30)16(39-21)24-7-6-14(25)23-17(24)27;1-14-11(23-16(25-14)5-2-3-6-16)15(8-17,9-20)24-12(14)19-7-4-10(21)18-13(19)22;;;/h8,11,16-17,19-20H,6-7,9-10,12-15H2,1-5H3,(H,28,30,31);6-7,12-13,15-16,26,30H,8-11H2,1-5H3,(H,23,25,27);4,7,11-12,20H,2-3,5-6,8-9H2,1H3,(H,18,21,22);3*1H4/t19-,20+,24+,25+;15-,16+,20+,21+;11-,12+,14+,15+;;;/m000.../s1. The molecule has 47 heteroatoms. The van der Waals surface area contributed by atoms with E-state index >= 15 is 0 Å². The fourth-order valence-electron chi connectivity index (χ4n) is 13.1. The van der Waals surface area contributed by atoms with Gasteiger partial charge in [-0.3, -0.25) is 52.1 Å². The number of phosphoric acid groups is 2. The molecule has 8 heterocycles. The first-order valence-electron chi connectivity index (χ1n) is 34.4. The Balaban J connectivity index is 0.000000309. The fourth-order valence-corrected chi connectivity index (χ4v) is 15.8. The lowest BCUT2D eigenvalue weighted by molar-refractivity contribution is -0.248. The number of aromatic nitrogens is 6. The Morgan fingerprint density at radius 3 is 1.05 bits per heavy atom. The van der Waals surface area contributed by atoms with Gasteiger partial charge in [0.25, 0.3) is 16.7 Å². The number of halogens is 3. The summed E-state index contributed by atoms with van der Waals surface area (Å²) < 4.78 is 143. The molecular formula is C66H103Cl3N6O36P2. The van der Waals surface area contributed by atoms with Crippen molar-refractivity contribution in [3.63, 3.8) is 0 Å². The zero-order valence-electron chi connectivity index (χ0n) is 61.6. The number of alkyl halides is 3. The molecule has 0 radical (unpaired) electrons. The van der Waals surface area contributed by atoms with Gasteiger partial charge in [0, 0.05) is 62.5 Å². The Hall–Kier alpha value is -6.19. The summed E-state index contributed by atoms with van der Waals surface area (Å²) in [5.74, 6) is -2.67. The van der Waals surface area contributed by atoms with Crippen LogP contribution in [0, 0.1) is 0 Å². The smallest absolute Gasteiger partial charge is 0.432 e. The number of carbonyl (C=O) groups excluding carboxylic acids is 4. The third-order valence-corrected chi connectivity index (χ3v) is 21.8. The zero-order valence-corrected chi connectivity index (χ0v) is 65.7. The molecule has 113 heavy (non-hydrogen) atoms. The molecule has 644 valence electrons. The number of fused-ring (bicyclic) bond motifs is 2. The van der Waals surface area contributed by atoms with Crippen molar-refractivity contribution < 1.29 is 142 Å². The second kappa shape index (κ2) is 39.8. The molecule has 3 aromatic rings. The zero-order chi connectivity index (χ0) is 81.2. The van der Waals surface area contributed by atoms with Crippen LogP contribution < -0.4 is 33.7 Å². The van der Waals surface area contributed by atoms with Gasteiger partial charge in [0.2, 0.25) is 27.2 Å². The first kappa shape index (κ1) is 97.4. The van der Waals surface area contributed by atoms with Gasteiger partial charge in [-0.1, -0.05) is 22.3 Å². The molecule has 2 spiro atoms. The van der Waals surface area contributed by atoms with Crippen LogP contribution in [-0.4, -0.2) is 221 Å². The van der Waals surface area contributed by atoms with Gasteiger partial charge in [-0.05, 0) is 102 Å². The molecule has 7 fully saturated rings. The number of ether oxygens (including phenoxy) is 15. The second-order valence-corrected chi connectivity index (χ2v) is 32.0. The van der Waals surface area contributed by atoms with Crippen molar-refractivity contribution in [2.45, 2.75) is 256 Å². The average molecular weight is 1720 g/mol. The fraction of sp³-hybridized carbons (Fsp3) is 0.758. The van der Waals surface area contributed by atoms with Crippen molar-refractivity contribution in [1.29, 1.82) is 0 Å². The molecule has 3 aromatic heterocycles. The van der Waals surface area contributed by atoms with Crippen LogP contribution in [0.4, 0.5) is 19.2 Å². The third kappa shape index (κ3) is 22.8. The number of aromatic amines is 3. The molecule has 0 unspecified atom stereocenters. The quantitative estimate of drug-likeness (QED) is 0.0129. The lowest BCUT2D eigenvalue weighted by Gasteiger charge is -2.34. The first-order chi connectivity index (χ1) is 51.6. The van der Waals surface area contributed by atoms with Crippen molar-refractivity contribution in [1.82, 2.24) is 28.7 Å². The first-order valence-corrected chi connectivity index (χ1v) is 38.9. The minimum Gasteiger partial charge on any atom is -0.432 e. The van der Waals surface area contributed by atoms with Gasteiger partial charge in [-0.25, -0.2) is 60.8 Å². The lowest BCUT2D eigenvalue weighted by atomic mass is 9.89.